The monoisotopic (exact) mass is 277 g/mol. The summed E-state index contributed by atoms with van der Waals surface area (Å²) in [6, 6.07) is 8.89. The van der Waals surface area contributed by atoms with Gasteiger partial charge in [0.2, 0.25) is 0 Å². The van der Waals surface area contributed by atoms with Crippen LogP contribution in [0.15, 0.2) is 24.3 Å². The van der Waals surface area contributed by atoms with Gasteiger partial charge in [0, 0.05) is 12.6 Å². The van der Waals surface area contributed by atoms with Gasteiger partial charge < -0.3 is 10.5 Å². The van der Waals surface area contributed by atoms with Gasteiger partial charge in [-0.25, -0.2) is 0 Å². The van der Waals surface area contributed by atoms with E-state index in [2.05, 4.69) is 52.0 Å². The van der Waals surface area contributed by atoms with Crippen LogP contribution in [-0.4, -0.2) is 18.2 Å². The van der Waals surface area contributed by atoms with Crippen molar-refractivity contribution in [3.05, 3.63) is 35.4 Å². The summed E-state index contributed by atoms with van der Waals surface area (Å²) in [7, 11) is 0. The first-order valence-electron chi connectivity index (χ1n) is 7.97. The molecule has 114 valence electrons. The van der Waals surface area contributed by atoms with Gasteiger partial charge in [-0.2, -0.15) is 0 Å². The molecule has 1 atom stereocenters. The van der Waals surface area contributed by atoms with Crippen molar-refractivity contribution in [3.8, 4) is 0 Å². The van der Waals surface area contributed by atoms with Crippen molar-refractivity contribution in [2.24, 2.45) is 5.73 Å². The summed E-state index contributed by atoms with van der Waals surface area (Å²) < 4.78 is 6.00. The van der Waals surface area contributed by atoms with E-state index in [1.165, 1.54) is 11.1 Å². The van der Waals surface area contributed by atoms with E-state index in [0.717, 1.165) is 25.9 Å². The maximum atomic E-state index is 6.46. The fourth-order valence-corrected chi connectivity index (χ4v) is 2.85. The zero-order valence-corrected chi connectivity index (χ0v) is 13.8. The lowest BCUT2D eigenvalue weighted by atomic mass is 9.84. The van der Waals surface area contributed by atoms with E-state index in [1.807, 2.05) is 6.92 Å². The van der Waals surface area contributed by atoms with Gasteiger partial charge in [0.25, 0.3) is 0 Å². The summed E-state index contributed by atoms with van der Waals surface area (Å²) in [6.07, 6.45) is 2.80. The minimum absolute atomic E-state index is 0.0438. The summed E-state index contributed by atoms with van der Waals surface area (Å²) in [4.78, 5) is 0. The molecule has 0 aliphatic rings. The van der Waals surface area contributed by atoms with Crippen LogP contribution in [0.25, 0.3) is 0 Å². The highest BCUT2D eigenvalue weighted by Gasteiger charge is 2.33. The van der Waals surface area contributed by atoms with Crippen molar-refractivity contribution in [3.63, 3.8) is 0 Å². The number of benzene rings is 1. The molecule has 2 N–H and O–H groups in total. The number of hydrogen-bond donors (Lipinski definition) is 1. The van der Waals surface area contributed by atoms with Crippen molar-refractivity contribution >= 4 is 0 Å². The van der Waals surface area contributed by atoms with Gasteiger partial charge in [-0.3, -0.25) is 0 Å². The largest absolute Gasteiger partial charge is 0.374 e. The predicted octanol–water partition coefficient (Wildman–Crippen LogP) is 4.28. The first kappa shape index (κ1) is 17.2. The number of nitrogens with two attached hydrogens (primary N) is 1. The molecule has 2 nitrogen and oxygen atoms in total. The van der Waals surface area contributed by atoms with Crippen molar-refractivity contribution in [2.45, 2.75) is 71.4 Å². The number of ether oxygens (including phenoxy) is 1. The lowest BCUT2D eigenvalue weighted by molar-refractivity contribution is -0.0633. The zero-order chi connectivity index (χ0) is 15.2. The normalized spacial score (nSPS) is 13.8. The molecule has 2 heteroatoms. The average molecular weight is 277 g/mol. The van der Waals surface area contributed by atoms with Crippen molar-refractivity contribution < 1.29 is 4.74 Å². The Morgan fingerprint density at radius 2 is 1.60 bits per heavy atom. The highest BCUT2D eigenvalue weighted by Crippen LogP contribution is 2.26. The summed E-state index contributed by atoms with van der Waals surface area (Å²) in [5.74, 6) is 0.575. The number of rotatable bonds is 8. The standard InChI is InChI=1S/C18H31NO/c1-6-18(7-2,20-8-3)17(19)13-15-9-11-16(12-10-15)14(4)5/h9-12,14,17H,6-8,13,19H2,1-5H3. The predicted molar refractivity (Wildman–Crippen MR) is 87.1 cm³/mol. The molecular formula is C18H31NO. The van der Waals surface area contributed by atoms with Crippen molar-refractivity contribution in [2.75, 3.05) is 6.61 Å². The van der Waals surface area contributed by atoms with E-state index in [-0.39, 0.29) is 11.6 Å². The molecule has 0 saturated heterocycles. The molecule has 1 aromatic carbocycles. The zero-order valence-electron chi connectivity index (χ0n) is 13.8. The minimum Gasteiger partial charge on any atom is -0.374 e. The quantitative estimate of drug-likeness (QED) is 0.770. The molecule has 0 spiro atoms. The van der Waals surface area contributed by atoms with Crippen LogP contribution in [0.1, 0.15) is 64.5 Å². The Hall–Kier alpha value is -0.860. The fraction of sp³-hybridized carbons (Fsp3) is 0.667. The SMILES string of the molecule is CCOC(CC)(CC)C(N)Cc1ccc(C(C)C)cc1. The molecule has 0 amide bonds. The van der Waals surface area contributed by atoms with Crippen LogP contribution < -0.4 is 5.73 Å². The molecule has 20 heavy (non-hydrogen) atoms. The molecule has 0 bridgehead atoms. The van der Waals surface area contributed by atoms with Gasteiger partial charge in [0.1, 0.15) is 0 Å². The Bertz CT molecular complexity index is 379. The van der Waals surface area contributed by atoms with E-state index in [9.17, 15) is 0 Å². The van der Waals surface area contributed by atoms with Crippen LogP contribution >= 0.6 is 0 Å². The Labute approximate surface area is 124 Å². The van der Waals surface area contributed by atoms with E-state index in [0.29, 0.717) is 5.92 Å². The molecule has 0 heterocycles. The second kappa shape index (κ2) is 7.80. The second-order valence-electron chi connectivity index (χ2n) is 5.91. The Morgan fingerprint density at radius 3 is 2.00 bits per heavy atom. The lowest BCUT2D eigenvalue weighted by Crippen LogP contribution is -2.50. The second-order valence-corrected chi connectivity index (χ2v) is 5.91. The van der Waals surface area contributed by atoms with Gasteiger partial charge in [-0.05, 0) is 43.2 Å². The van der Waals surface area contributed by atoms with Gasteiger partial charge in [0.15, 0.2) is 0 Å². The van der Waals surface area contributed by atoms with Crippen molar-refractivity contribution in [1.29, 1.82) is 0 Å². The topological polar surface area (TPSA) is 35.2 Å². The highest BCUT2D eigenvalue weighted by molar-refractivity contribution is 5.25. The molecule has 0 aromatic heterocycles. The third-order valence-electron chi connectivity index (χ3n) is 4.41. The summed E-state index contributed by atoms with van der Waals surface area (Å²) >= 11 is 0. The summed E-state index contributed by atoms with van der Waals surface area (Å²) in [5, 5.41) is 0. The number of hydrogen-bond acceptors (Lipinski definition) is 2. The highest BCUT2D eigenvalue weighted by atomic mass is 16.5. The van der Waals surface area contributed by atoms with Crippen LogP contribution in [-0.2, 0) is 11.2 Å². The van der Waals surface area contributed by atoms with Crippen molar-refractivity contribution in [1.82, 2.24) is 0 Å². The van der Waals surface area contributed by atoms with Crippen LogP contribution in [0.4, 0.5) is 0 Å². The van der Waals surface area contributed by atoms with Gasteiger partial charge >= 0.3 is 0 Å². The maximum absolute atomic E-state index is 6.46. The average Bonchev–Trinajstić information content (AvgIpc) is 2.45. The van der Waals surface area contributed by atoms with E-state index >= 15 is 0 Å². The van der Waals surface area contributed by atoms with E-state index < -0.39 is 0 Å². The minimum atomic E-state index is -0.189. The third-order valence-corrected chi connectivity index (χ3v) is 4.41. The molecule has 0 radical (unpaired) electrons. The molecule has 1 aromatic rings. The molecule has 0 fully saturated rings. The van der Waals surface area contributed by atoms with Crippen LogP contribution in [0.2, 0.25) is 0 Å². The maximum Gasteiger partial charge on any atom is 0.0830 e. The Kier molecular flexibility index (Phi) is 6.70. The fourth-order valence-electron chi connectivity index (χ4n) is 2.85. The van der Waals surface area contributed by atoms with Crippen LogP contribution in [0.3, 0.4) is 0 Å². The van der Waals surface area contributed by atoms with Crippen LogP contribution in [0, 0.1) is 0 Å². The first-order valence-corrected chi connectivity index (χ1v) is 7.97. The summed E-state index contributed by atoms with van der Waals surface area (Å²) in [5.41, 5.74) is 8.95. The van der Waals surface area contributed by atoms with Gasteiger partial charge in [0.05, 0.1) is 5.60 Å². The van der Waals surface area contributed by atoms with Gasteiger partial charge in [-0.15, -0.1) is 0 Å². The first-order chi connectivity index (χ1) is 9.49. The molecule has 1 unspecified atom stereocenters. The molecule has 0 aliphatic carbocycles. The third kappa shape index (κ3) is 4.07. The van der Waals surface area contributed by atoms with E-state index in [1.54, 1.807) is 0 Å². The van der Waals surface area contributed by atoms with E-state index in [4.69, 9.17) is 10.5 Å². The Balaban J connectivity index is 2.79. The molecule has 1 rings (SSSR count). The summed E-state index contributed by atoms with van der Waals surface area (Å²) in [6.45, 7) is 11.5. The molecule has 0 saturated carbocycles. The van der Waals surface area contributed by atoms with Gasteiger partial charge in [-0.1, -0.05) is 52.0 Å². The molecular weight excluding hydrogens is 246 g/mol. The van der Waals surface area contributed by atoms with Crippen LogP contribution in [0.5, 0.6) is 0 Å². The molecule has 0 aliphatic heterocycles. The lowest BCUT2D eigenvalue weighted by Gasteiger charge is -2.37. The smallest absolute Gasteiger partial charge is 0.0830 e. The Morgan fingerprint density at radius 1 is 1.05 bits per heavy atom.